The summed E-state index contributed by atoms with van der Waals surface area (Å²) in [5, 5.41) is 0. The molecule has 0 saturated heterocycles. The summed E-state index contributed by atoms with van der Waals surface area (Å²) in [5.41, 5.74) is 0. The van der Waals surface area contributed by atoms with Crippen molar-refractivity contribution in [3.05, 3.63) is 0 Å². The van der Waals surface area contributed by atoms with Gasteiger partial charge in [0.2, 0.25) is 0 Å². The summed E-state index contributed by atoms with van der Waals surface area (Å²) in [4.78, 5) is 0. The molecule has 0 spiro atoms. The predicted octanol–water partition coefficient (Wildman–Crippen LogP) is 1.44. The van der Waals surface area contributed by atoms with Crippen LogP contribution in [0.3, 0.4) is 0 Å². The van der Waals surface area contributed by atoms with Crippen molar-refractivity contribution in [2.24, 2.45) is 0 Å². The molecule has 3 heteroatoms. The van der Waals surface area contributed by atoms with E-state index in [1.54, 1.807) is 0 Å². The molecule has 1 nitrogen and oxygen atoms in total. The summed E-state index contributed by atoms with van der Waals surface area (Å²) in [6, 6.07) is 0. The fourth-order valence-electron chi connectivity index (χ4n) is 0. The molecule has 2 N–H and O–H groups in total. The summed E-state index contributed by atoms with van der Waals surface area (Å²) < 4.78 is 0. The molecule has 0 radical (unpaired) electrons. The van der Waals surface area contributed by atoms with Crippen LogP contribution in [-0.4, -0.2) is 5.48 Å². The van der Waals surface area contributed by atoms with Crippen LogP contribution in [0.4, 0.5) is 0 Å². The van der Waals surface area contributed by atoms with Crippen molar-refractivity contribution in [3.63, 3.8) is 0 Å². The van der Waals surface area contributed by atoms with Gasteiger partial charge in [0.1, 0.15) is 0 Å². The third-order valence-electron chi connectivity index (χ3n) is 0. The highest BCUT2D eigenvalue weighted by molar-refractivity contribution is 5.85. The molecular weight excluding hydrogens is 123 g/mol. The fraction of sp³-hybridized carbons (Fsp3) is 1.00. The molecule has 0 aliphatic carbocycles. The molecule has 0 aliphatic rings. The molecule has 0 saturated carbocycles. The zero-order valence-corrected chi connectivity index (χ0v) is 5.66. The van der Waals surface area contributed by atoms with Crippen LogP contribution in [0.15, 0.2) is 0 Å². The fourth-order valence-corrected chi connectivity index (χ4v) is 0. The van der Waals surface area contributed by atoms with E-state index in [-0.39, 0.29) is 30.3 Å². The number of rotatable bonds is 0. The number of hydrogen-bond acceptors (Lipinski definition) is 0. The summed E-state index contributed by atoms with van der Waals surface area (Å²) in [6.07, 6.45) is 1.25. The SMILES string of the molecule is CCC.Cl.Cl.O. The molecule has 44 valence electrons. The zero-order valence-electron chi connectivity index (χ0n) is 4.02. The largest absolute Gasteiger partial charge is 0.412 e. The molecule has 0 amide bonds. The minimum atomic E-state index is 0. The maximum absolute atomic E-state index is 2.12. The highest BCUT2D eigenvalue weighted by Gasteiger charge is 1.35. The molecule has 0 unspecified atom stereocenters. The number of halogens is 2. The van der Waals surface area contributed by atoms with Crippen molar-refractivity contribution in [2.75, 3.05) is 0 Å². The molecule has 0 aliphatic heterocycles. The van der Waals surface area contributed by atoms with Gasteiger partial charge >= 0.3 is 0 Å². The highest BCUT2D eigenvalue weighted by Crippen LogP contribution is 1.56. The third-order valence-corrected chi connectivity index (χ3v) is 0. The highest BCUT2D eigenvalue weighted by atomic mass is 35.5. The standard InChI is InChI=1S/C3H8.2ClH.H2O/c1-3-2;;;/h3H2,1-2H3;2*1H;1H2. The second-order valence-electron chi connectivity index (χ2n) is 0.707. The number of hydrogen-bond donors (Lipinski definition) is 0. The molecule has 6 heavy (non-hydrogen) atoms. The summed E-state index contributed by atoms with van der Waals surface area (Å²) >= 11 is 0. The second-order valence-corrected chi connectivity index (χ2v) is 0.707. The summed E-state index contributed by atoms with van der Waals surface area (Å²) in [6.45, 7) is 4.25. The molecular formula is C3H12Cl2O. The van der Waals surface area contributed by atoms with Gasteiger partial charge in [-0.2, -0.15) is 0 Å². The van der Waals surface area contributed by atoms with E-state index in [0.29, 0.717) is 0 Å². The van der Waals surface area contributed by atoms with Gasteiger partial charge in [0.25, 0.3) is 0 Å². The molecule has 0 fully saturated rings. The molecule has 0 bridgehead atoms. The van der Waals surface area contributed by atoms with Crippen molar-refractivity contribution >= 4 is 24.8 Å². The lowest BCUT2D eigenvalue weighted by atomic mass is 10.6. The van der Waals surface area contributed by atoms with Gasteiger partial charge in [-0.05, 0) is 0 Å². The van der Waals surface area contributed by atoms with Crippen LogP contribution in [0.5, 0.6) is 0 Å². The Balaban J connectivity index is -0.00000000667. The first-order valence-electron chi connectivity index (χ1n) is 1.41. The molecule has 0 aromatic rings. The van der Waals surface area contributed by atoms with Gasteiger partial charge in [0.05, 0.1) is 0 Å². The Kier molecular flexibility index (Phi) is 250. The lowest BCUT2D eigenvalue weighted by Gasteiger charge is -1.48. The van der Waals surface area contributed by atoms with Gasteiger partial charge in [-0.3, -0.25) is 0 Å². The van der Waals surface area contributed by atoms with E-state index in [9.17, 15) is 0 Å². The topological polar surface area (TPSA) is 31.5 Å². The van der Waals surface area contributed by atoms with Gasteiger partial charge in [-0.25, -0.2) is 0 Å². The molecule has 0 atom stereocenters. The van der Waals surface area contributed by atoms with E-state index in [4.69, 9.17) is 0 Å². The van der Waals surface area contributed by atoms with Crippen molar-refractivity contribution in [1.29, 1.82) is 0 Å². The van der Waals surface area contributed by atoms with Crippen LogP contribution < -0.4 is 0 Å². The van der Waals surface area contributed by atoms with Crippen LogP contribution in [0.25, 0.3) is 0 Å². The lowest BCUT2D eigenvalue weighted by molar-refractivity contribution is 0.824. The van der Waals surface area contributed by atoms with E-state index >= 15 is 0 Å². The lowest BCUT2D eigenvalue weighted by Crippen LogP contribution is -1.27. The quantitative estimate of drug-likeness (QED) is 0.481. The van der Waals surface area contributed by atoms with Crippen molar-refractivity contribution in [2.45, 2.75) is 20.3 Å². The Labute approximate surface area is 51.3 Å². The Hall–Kier alpha value is 0.540. The Bertz CT molecular complexity index is 8.75. The first kappa shape index (κ1) is 31.1. The van der Waals surface area contributed by atoms with Gasteiger partial charge in [-0.15, -0.1) is 24.8 Å². The summed E-state index contributed by atoms with van der Waals surface area (Å²) in [7, 11) is 0. The van der Waals surface area contributed by atoms with E-state index in [0.717, 1.165) is 0 Å². The molecule has 0 rings (SSSR count). The average molecular weight is 135 g/mol. The van der Waals surface area contributed by atoms with E-state index in [1.807, 2.05) is 0 Å². The normalized spacial score (nSPS) is 3.00. The van der Waals surface area contributed by atoms with Crippen LogP contribution in [-0.2, 0) is 0 Å². The van der Waals surface area contributed by atoms with Gasteiger partial charge in [0, 0.05) is 0 Å². The van der Waals surface area contributed by atoms with Gasteiger partial charge in [0.15, 0.2) is 0 Å². The van der Waals surface area contributed by atoms with Crippen LogP contribution in [0.2, 0.25) is 0 Å². The van der Waals surface area contributed by atoms with Crippen LogP contribution in [0.1, 0.15) is 20.3 Å². The Morgan fingerprint density at radius 1 is 1.00 bits per heavy atom. The predicted molar refractivity (Wildman–Crippen MR) is 34.1 cm³/mol. The second kappa shape index (κ2) is 48.1. The summed E-state index contributed by atoms with van der Waals surface area (Å²) in [5.74, 6) is 0. The molecule has 0 aromatic carbocycles. The van der Waals surface area contributed by atoms with Crippen LogP contribution >= 0.6 is 24.8 Å². The van der Waals surface area contributed by atoms with Crippen LogP contribution in [0, 0.1) is 0 Å². The van der Waals surface area contributed by atoms with Gasteiger partial charge in [-0.1, -0.05) is 20.3 Å². The Morgan fingerprint density at radius 3 is 1.00 bits per heavy atom. The average Bonchev–Trinajstić information content (AvgIpc) is 0.918. The van der Waals surface area contributed by atoms with Crippen molar-refractivity contribution in [1.82, 2.24) is 0 Å². The molecule has 0 heterocycles. The smallest absolute Gasteiger partial charge is 0.0590 e. The monoisotopic (exact) mass is 134 g/mol. The maximum atomic E-state index is 2.12. The van der Waals surface area contributed by atoms with Crippen molar-refractivity contribution in [3.8, 4) is 0 Å². The third kappa shape index (κ3) is 195. The van der Waals surface area contributed by atoms with Gasteiger partial charge < -0.3 is 5.48 Å². The minimum absolute atomic E-state index is 0. The molecule has 0 aromatic heterocycles. The van der Waals surface area contributed by atoms with E-state index in [1.165, 1.54) is 6.42 Å². The Morgan fingerprint density at radius 2 is 1.00 bits per heavy atom. The maximum Gasteiger partial charge on any atom is -0.0590 e. The van der Waals surface area contributed by atoms with Crippen molar-refractivity contribution < 1.29 is 5.48 Å². The van der Waals surface area contributed by atoms with E-state index in [2.05, 4.69) is 13.8 Å². The minimum Gasteiger partial charge on any atom is -0.412 e. The van der Waals surface area contributed by atoms with E-state index < -0.39 is 0 Å². The first-order chi connectivity index (χ1) is 1.41. The first-order valence-corrected chi connectivity index (χ1v) is 1.41. The zero-order chi connectivity index (χ0) is 2.71.